The first-order valence-electron chi connectivity index (χ1n) is 7.14. The highest BCUT2D eigenvalue weighted by Gasteiger charge is 2.24. The van der Waals surface area contributed by atoms with Crippen molar-refractivity contribution in [2.24, 2.45) is 5.92 Å². The second-order valence-electron chi connectivity index (χ2n) is 5.65. The van der Waals surface area contributed by atoms with Gasteiger partial charge in [-0.25, -0.2) is 0 Å². The zero-order chi connectivity index (χ0) is 13.7. The van der Waals surface area contributed by atoms with Gasteiger partial charge in [-0.1, -0.05) is 37.3 Å². The maximum atomic E-state index is 10.7. The van der Waals surface area contributed by atoms with Crippen LogP contribution in [0.1, 0.15) is 37.7 Å². The van der Waals surface area contributed by atoms with Crippen molar-refractivity contribution in [2.45, 2.75) is 32.1 Å². The number of carbonyl (C=O) groups is 1. The van der Waals surface area contributed by atoms with E-state index >= 15 is 0 Å². The SMILES string of the molecule is CC(CCN1CCC(CC(=O)O)C1)c1ccccc1. The molecule has 1 fully saturated rings. The minimum Gasteiger partial charge on any atom is -0.481 e. The lowest BCUT2D eigenvalue weighted by atomic mass is 9.98. The van der Waals surface area contributed by atoms with E-state index in [9.17, 15) is 4.79 Å². The number of rotatable bonds is 6. The fourth-order valence-electron chi connectivity index (χ4n) is 2.85. The second kappa shape index (κ2) is 6.71. The molecule has 0 bridgehead atoms. The summed E-state index contributed by atoms with van der Waals surface area (Å²) >= 11 is 0. The van der Waals surface area contributed by atoms with Crippen LogP contribution in [-0.2, 0) is 4.79 Å². The van der Waals surface area contributed by atoms with E-state index in [1.165, 1.54) is 5.56 Å². The van der Waals surface area contributed by atoms with Crippen molar-refractivity contribution < 1.29 is 9.90 Å². The molecule has 19 heavy (non-hydrogen) atoms. The molecule has 3 heteroatoms. The minimum absolute atomic E-state index is 0.324. The molecular weight excluding hydrogens is 238 g/mol. The summed E-state index contributed by atoms with van der Waals surface area (Å²) in [7, 11) is 0. The first-order chi connectivity index (χ1) is 9.15. The topological polar surface area (TPSA) is 40.5 Å². The van der Waals surface area contributed by atoms with Gasteiger partial charge in [0.25, 0.3) is 0 Å². The molecule has 1 aromatic carbocycles. The number of nitrogens with zero attached hydrogens (tertiary/aromatic N) is 1. The maximum Gasteiger partial charge on any atom is 0.303 e. The van der Waals surface area contributed by atoms with Crippen LogP contribution in [0.3, 0.4) is 0 Å². The number of carboxylic acid groups (broad SMARTS) is 1. The molecular formula is C16H23NO2. The molecule has 1 saturated heterocycles. The summed E-state index contributed by atoms with van der Waals surface area (Å²) in [6.45, 7) is 5.35. The highest BCUT2D eigenvalue weighted by molar-refractivity contribution is 5.67. The number of hydrogen-bond donors (Lipinski definition) is 1. The lowest BCUT2D eigenvalue weighted by Crippen LogP contribution is -2.23. The van der Waals surface area contributed by atoms with Crippen LogP contribution >= 0.6 is 0 Å². The van der Waals surface area contributed by atoms with E-state index in [1.807, 2.05) is 6.07 Å². The van der Waals surface area contributed by atoms with Crippen LogP contribution in [-0.4, -0.2) is 35.6 Å². The Hall–Kier alpha value is -1.35. The Morgan fingerprint density at radius 3 is 2.84 bits per heavy atom. The van der Waals surface area contributed by atoms with Crippen molar-refractivity contribution in [3.8, 4) is 0 Å². The van der Waals surface area contributed by atoms with E-state index < -0.39 is 5.97 Å². The molecule has 0 amide bonds. The van der Waals surface area contributed by atoms with Crippen LogP contribution in [0.4, 0.5) is 0 Å². The summed E-state index contributed by atoms with van der Waals surface area (Å²) in [4.78, 5) is 13.1. The van der Waals surface area contributed by atoms with Crippen LogP contribution in [0.15, 0.2) is 30.3 Å². The Morgan fingerprint density at radius 2 is 2.16 bits per heavy atom. The third-order valence-electron chi connectivity index (χ3n) is 4.08. The van der Waals surface area contributed by atoms with Crippen molar-refractivity contribution in [3.63, 3.8) is 0 Å². The van der Waals surface area contributed by atoms with Crippen LogP contribution in [0.5, 0.6) is 0 Å². The van der Waals surface area contributed by atoms with Gasteiger partial charge in [0.05, 0.1) is 0 Å². The largest absolute Gasteiger partial charge is 0.481 e. The summed E-state index contributed by atoms with van der Waals surface area (Å²) in [6, 6.07) is 10.6. The van der Waals surface area contributed by atoms with Gasteiger partial charge in [-0.15, -0.1) is 0 Å². The Balaban J connectivity index is 1.73. The maximum absolute atomic E-state index is 10.7. The van der Waals surface area contributed by atoms with Gasteiger partial charge in [0.1, 0.15) is 0 Å². The van der Waals surface area contributed by atoms with Gasteiger partial charge < -0.3 is 10.0 Å². The van der Waals surface area contributed by atoms with Gasteiger partial charge in [-0.05, 0) is 43.3 Å². The standard InChI is InChI=1S/C16H23NO2/c1-13(15-5-3-2-4-6-15)7-9-17-10-8-14(12-17)11-16(18)19/h2-6,13-14H,7-12H2,1H3,(H,18,19). The number of hydrogen-bond acceptors (Lipinski definition) is 2. The first kappa shape index (κ1) is 14.1. The van der Waals surface area contributed by atoms with Crippen LogP contribution in [0, 0.1) is 5.92 Å². The quantitative estimate of drug-likeness (QED) is 0.856. The van der Waals surface area contributed by atoms with E-state index in [1.54, 1.807) is 0 Å². The lowest BCUT2D eigenvalue weighted by Gasteiger charge is -2.19. The van der Waals surface area contributed by atoms with Gasteiger partial charge in [-0.2, -0.15) is 0 Å². The number of aliphatic carboxylic acids is 1. The molecule has 1 aromatic rings. The Bertz CT molecular complexity index is 404. The fraction of sp³-hybridized carbons (Fsp3) is 0.562. The molecule has 2 atom stereocenters. The van der Waals surface area contributed by atoms with Crippen molar-refractivity contribution in [3.05, 3.63) is 35.9 Å². The average Bonchev–Trinajstić information content (AvgIpc) is 2.84. The fourth-order valence-corrected chi connectivity index (χ4v) is 2.85. The lowest BCUT2D eigenvalue weighted by molar-refractivity contribution is -0.138. The van der Waals surface area contributed by atoms with Crippen molar-refractivity contribution in [1.29, 1.82) is 0 Å². The molecule has 1 heterocycles. The average molecular weight is 261 g/mol. The molecule has 2 unspecified atom stereocenters. The molecule has 1 aliphatic rings. The Kier molecular flexibility index (Phi) is 4.97. The summed E-state index contributed by atoms with van der Waals surface area (Å²) in [5, 5.41) is 8.81. The summed E-state index contributed by atoms with van der Waals surface area (Å²) < 4.78 is 0. The number of carboxylic acids is 1. The molecule has 0 aliphatic carbocycles. The number of benzene rings is 1. The van der Waals surface area contributed by atoms with Crippen LogP contribution < -0.4 is 0 Å². The molecule has 1 aliphatic heterocycles. The van der Waals surface area contributed by atoms with E-state index in [0.29, 0.717) is 18.3 Å². The van der Waals surface area contributed by atoms with Crippen molar-refractivity contribution in [2.75, 3.05) is 19.6 Å². The Morgan fingerprint density at radius 1 is 1.42 bits per heavy atom. The van der Waals surface area contributed by atoms with E-state index in [4.69, 9.17) is 5.11 Å². The normalized spacial score (nSPS) is 21.4. The smallest absolute Gasteiger partial charge is 0.303 e. The summed E-state index contributed by atoms with van der Waals surface area (Å²) in [5.41, 5.74) is 1.39. The van der Waals surface area contributed by atoms with Crippen LogP contribution in [0.2, 0.25) is 0 Å². The minimum atomic E-state index is -0.662. The molecule has 1 N–H and O–H groups in total. The van der Waals surface area contributed by atoms with Gasteiger partial charge in [0.2, 0.25) is 0 Å². The highest BCUT2D eigenvalue weighted by atomic mass is 16.4. The monoisotopic (exact) mass is 261 g/mol. The van der Waals surface area contributed by atoms with E-state index in [0.717, 1.165) is 32.5 Å². The van der Waals surface area contributed by atoms with Gasteiger partial charge in [0.15, 0.2) is 0 Å². The Labute approximate surface area is 115 Å². The molecule has 0 spiro atoms. The summed E-state index contributed by atoms with van der Waals surface area (Å²) in [5.74, 6) is 0.258. The second-order valence-corrected chi connectivity index (χ2v) is 5.65. The van der Waals surface area contributed by atoms with Gasteiger partial charge in [0, 0.05) is 13.0 Å². The molecule has 0 aromatic heterocycles. The van der Waals surface area contributed by atoms with Crippen LogP contribution in [0.25, 0.3) is 0 Å². The highest BCUT2D eigenvalue weighted by Crippen LogP contribution is 2.23. The molecule has 2 rings (SSSR count). The zero-order valence-electron chi connectivity index (χ0n) is 11.6. The predicted octanol–water partition coefficient (Wildman–Crippen LogP) is 2.98. The first-order valence-corrected chi connectivity index (χ1v) is 7.14. The zero-order valence-corrected chi connectivity index (χ0v) is 11.6. The van der Waals surface area contributed by atoms with E-state index in [-0.39, 0.29) is 0 Å². The number of likely N-dealkylation sites (tertiary alicyclic amines) is 1. The van der Waals surface area contributed by atoms with Crippen molar-refractivity contribution in [1.82, 2.24) is 4.90 Å². The molecule has 104 valence electrons. The van der Waals surface area contributed by atoms with E-state index in [2.05, 4.69) is 36.1 Å². The molecule has 3 nitrogen and oxygen atoms in total. The van der Waals surface area contributed by atoms with Crippen molar-refractivity contribution >= 4 is 5.97 Å². The van der Waals surface area contributed by atoms with Gasteiger partial charge >= 0.3 is 5.97 Å². The third kappa shape index (κ3) is 4.35. The summed E-state index contributed by atoms with van der Waals surface area (Å²) in [6.07, 6.45) is 2.50. The molecule has 0 saturated carbocycles. The predicted molar refractivity (Wildman–Crippen MR) is 76.3 cm³/mol. The molecule has 0 radical (unpaired) electrons. The third-order valence-corrected chi connectivity index (χ3v) is 4.08. The van der Waals surface area contributed by atoms with Gasteiger partial charge in [-0.3, -0.25) is 4.79 Å².